The Kier molecular flexibility index (Phi) is 51.4. The van der Waals surface area contributed by atoms with Gasteiger partial charge in [-0.15, -0.1) is 0 Å². The smallest absolute Gasteiger partial charge is 0.326 e. The van der Waals surface area contributed by atoms with Crippen LogP contribution in [0.25, 0.3) is 0 Å². The number of ketones is 2. The van der Waals surface area contributed by atoms with Crippen LogP contribution in [0.3, 0.4) is 0 Å². The van der Waals surface area contributed by atoms with Gasteiger partial charge in [0.1, 0.15) is 31.1 Å². The third kappa shape index (κ3) is 51.1. The van der Waals surface area contributed by atoms with Crippen LogP contribution in [-0.2, 0) is 71.7 Å². The van der Waals surface area contributed by atoms with Gasteiger partial charge in [-0.1, -0.05) is 97.3 Å². The van der Waals surface area contributed by atoms with Crippen molar-refractivity contribution in [3.8, 4) is 0 Å². The van der Waals surface area contributed by atoms with Gasteiger partial charge < -0.3 is 65.7 Å². The first-order valence-electron chi connectivity index (χ1n) is 29.4. The Morgan fingerprint density at radius 2 is 0.840 bits per heavy atom. The van der Waals surface area contributed by atoms with Gasteiger partial charge in [0.15, 0.2) is 5.78 Å². The van der Waals surface area contributed by atoms with E-state index in [9.17, 15) is 68.1 Å². The SMILES string of the molecule is CCCC(=O)CC[C@H](NC(=O)CCCCCCCCCCCCCCCCC(=O)O)C(=O)O.CCOCCOCC(=O)NCCOCCOCC(=O)C[C@@H](CCC(=O)N[C@@H](CCC(=O)NCCCC[C@H](CC)C(=O)O)C(=O)O)C(=O)O. The van der Waals surface area contributed by atoms with Crippen LogP contribution < -0.4 is 21.3 Å². The van der Waals surface area contributed by atoms with Crippen molar-refractivity contribution in [2.45, 2.75) is 219 Å². The molecule has 0 spiro atoms. The van der Waals surface area contributed by atoms with Crippen LogP contribution in [0.4, 0.5) is 0 Å². The monoisotopic (exact) mass is 1160 g/mol. The van der Waals surface area contributed by atoms with E-state index in [2.05, 4.69) is 21.3 Å². The molecule has 0 saturated heterocycles. The zero-order chi connectivity index (χ0) is 60.9. The van der Waals surface area contributed by atoms with Crippen LogP contribution in [0.15, 0.2) is 0 Å². The van der Waals surface area contributed by atoms with Crippen LogP contribution in [0, 0.1) is 11.8 Å². The highest BCUT2D eigenvalue weighted by Crippen LogP contribution is 2.16. The number of carboxylic acid groups (broad SMARTS) is 5. The maximum Gasteiger partial charge on any atom is 0.326 e. The second kappa shape index (κ2) is 53.7. The van der Waals surface area contributed by atoms with Crippen molar-refractivity contribution in [1.82, 2.24) is 21.3 Å². The lowest BCUT2D eigenvalue weighted by molar-refractivity contribution is -0.145. The molecule has 0 fully saturated rings. The molecule has 0 radical (unpaired) electrons. The molecule has 468 valence electrons. The molecule has 0 saturated carbocycles. The molecule has 0 aliphatic rings. The van der Waals surface area contributed by atoms with Gasteiger partial charge in [0, 0.05) is 64.6 Å². The van der Waals surface area contributed by atoms with E-state index in [-0.39, 0.29) is 102 Å². The van der Waals surface area contributed by atoms with E-state index >= 15 is 0 Å². The van der Waals surface area contributed by atoms with Crippen molar-refractivity contribution in [1.29, 1.82) is 0 Å². The predicted octanol–water partition coefficient (Wildman–Crippen LogP) is 6.41. The fraction of sp³-hybridized carbons (Fsp3) is 0.807. The summed E-state index contributed by atoms with van der Waals surface area (Å²) in [5, 5.41) is 55.9. The second-order valence-electron chi connectivity index (χ2n) is 20.0. The number of carboxylic acids is 5. The highest BCUT2D eigenvalue weighted by atomic mass is 16.5. The van der Waals surface area contributed by atoms with Crippen LogP contribution in [-0.4, -0.2) is 169 Å². The Balaban J connectivity index is 0. The topological polar surface area (TPSA) is 374 Å². The summed E-state index contributed by atoms with van der Waals surface area (Å²) in [6.45, 7) is 7.36. The molecule has 9 N–H and O–H groups in total. The van der Waals surface area contributed by atoms with Gasteiger partial charge in [-0.05, 0) is 64.7 Å². The van der Waals surface area contributed by atoms with Crippen LogP contribution in [0.2, 0.25) is 0 Å². The summed E-state index contributed by atoms with van der Waals surface area (Å²) >= 11 is 0. The largest absolute Gasteiger partial charge is 0.481 e. The number of carbonyl (C=O) groups excluding carboxylic acids is 6. The Morgan fingerprint density at radius 3 is 1.35 bits per heavy atom. The van der Waals surface area contributed by atoms with Gasteiger partial charge in [0.2, 0.25) is 23.6 Å². The number of Topliss-reactive ketones (excluding diaryl/α,β-unsaturated/α-hetero) is 2. The van der Waals surface area contributed by atoms with Crippen LogP contribution in [0.5, 0.6) is 0 Å². The number of ether oxygens (including phenoxy) is 4. The fourth-order valence-electron chi connectivity index (χ4n) is 8.15. The first kappa shape index (κ1) is 77.5. The second-order valence-corrected chi connectivity index (χ2v) is 20.0. The number of amides is 4. The van der Waals surface area contributed by atoms with Gasteiger partial charge in [-0.25, -0.2) is 9.59 Å². The van der Waals surface area contributed by atoms with E-state index in [1.807, 2.05) is 13.8 Å². The Labute approximate surface area is 479 Å². The predicted molar refractivity (Wildman–Crippen MR) is 299 cm³/mol. The van der Waals surface area contributed by atoms with Crippen molar-refractivity contribution >= 4 is 65.0 Å². The summed E-state index contributed by atoms with van der Waals surface area (Å²) < 4.78 is 20.7. The number of hydrogen-bond acceptors (Lipinski definition) is 15. The van der Waals surface area contributed by atoms with E-state index in [1.165, 1.54) is 51.4 Å². The zero-order valence-electron chi connectivity index (χ0n) is 48.7. The Bertz CT molecular complexity index is 1780. The number of rotatable bonds is 56. The minimum absolute atomic E-state index is 0.0444. The van der Waals surface area contributed by atoms with E-state index in [0.29, 0.717) is 71.3 Å². The molecule has 0 aliphatic heterocycles. The quantitative estimate of drug-likeness (QED) is 0.0297. The maximum absolute atomic E-state index is 12.4. The summed E-state index contributed by atoms with van der Waals surface area (Å²) in [6, 6.07) is -2.35. The molecular formula is C57H100N4O20. The third-order valence-electron chi connectivity index (χ3n) is 12.9. The van der Waals surface area contributed by atoms with Crippen molar-refractivity contribution in [2.24, 2.45) is 11.8 Å². The van der Waals surface area contributed by atoms with E-state index in [1.54, 1.807) is 6.92 Å². The molecular weight excluding hydrogens is 1060 g/mol. The summed E-state index contributed by atoms with van der Waals surface area (Å²) in [6.07, 6.45) is 18.7. The van der Waals surface area contributed by atoms with Crippen molar-refractivity contribution in [3.63, 3.8) is 0 Å². The number of hydrogen-bond donors (Lipinski definition) is 9. The van der Waals surface area contributed by atoms with Gasteiger partial charge in [0.25, 0.3) is 0 Å². The van der Waals surface area contributed by atoms with Crippen molar-refractivity contribution in [3.05, 3.63) is 0 Å². The summed E-state index contributed by atoms with van der Waals surface area (Å²) in [4.78, 5) is 128. The van der Waals surface area contributed by atoms with Crippen LogP contribution >= 0.6 is 0 Å². The molecule has 24 nitrogen and oxygen atoms in total. The van der Waals surface area contributed by atoms with Crippen LogP contribution in [0.1, 0.15) is 207 Å². The van der Waals surface area contributed by atoms with E-state index < -0.39 is 71.4 Å². The Hall–Kier alpha value is -5.59. The molecule has 0 aliphatic carbocycles. The third-order valence-corrected chi connectivity index (χ3v) is 12.9. The molecule has 4 atom stereocenters. The minimum atomic E-state index is -1.37. The maximum atomic E-state index is 12.4. The molecule has 81 heavy (non-hydrogen) atoms. The summed E-state index contributed by atoms with van der Waals surface area (Å²) in [5.74, 6) is -9.04. The van der Waals surface area contributed by atoms with Crippen molar-refractivity contribution < 1.29 is 97.2 Å². The number of unbranched alkanes of at least 4 members (excludes halogenated alkanes) is 14. The standard InChI is InChI=1S/C31H53N3O14.C26H47NO6/c1-3-22(29(39)40)7-5-6-12-32-26(36)11-9-25(31(43)44)34-27(37)10-8-23(30(41)42)19-24(35)20-47-18-16-46-14-13-33-28(38)21-48-17-15-45-4-2;1-2-17-22(28)20-21-23(26(32)33)27-24(29)18-15-13-11-9-7-5-3-4-6-8-10-12-14-16-19-25(30)31/h22-23,25H,3-21H2,1-2H3,(H,32,36)(H,33,38)(H,34,37)(H,39,40)(H,41,42)(H,43,44);23H,2-21H2,1H3,(H,27,29)(H,30,31)(H,32,33)/t22-,23+,25-;23-/m00/s1. The van der Waals surface area contributed by atoms with Gasteiger partial charge in [-0.3, -0.25) is 43.2 Å². The number of nitrogens with one attached hydrogen (secondary N) is 4. The molecule has 0 aromatic carbocycles. The average molecular weight is 1160 g/mol. The summed E-state index contributed by atoms with van der Waals surface area (Å²) in [5.41, 5.74) is 0. The lowest BCUT2D eigenvalue weighted by Gasteiger charge is -2.16. The van der Waals surface area contributed by atoms with Gasteiger partial charge in [-0.2, -0.15) is 0 Å². The molecule has 0 bridgehead atoms. The Morgan fingerprint density at radius 1 is 0.370 bits per heavy atom. The normalized spacial score (nSPS) is 12.4. The lowest BCUT2D eigenvalue weighted by Crippen LogP contribution is -2.42. The highest BCUT2D eigenvalue weighted by molar-refractivity contribution is 5.87. The first-order valence-corrected chi connectivity index (χ1v) is 29.4. The fourth-order valence-corrected chi connectivity index (χ4v) is 8.15. The minimum Gasteiger partial charge on any atom is -0.481 e. The molecule has 0 heterocycles. The van der Waals surface area contributed by atoms with E-state index in [0.717, 1.165) is 44.9 Å². The molecule has 24 heteroatoms. The van der Waals surface area contributed by atoms with Gasteiger partial charge in [0.05, 0.1) is 44.9 Å². The molecule has 0 unspecified atom stereocenters. The van der Waals surface area contributed by atoms with Gasteiger partial charge >= 0.3 is 29.8 Å². The molecule has 0 aromatic heterocycles. The zero-order valence-corrected chi connectivity index (χ0v) is 48.7. The first-order chi connectivity index (χ1) is 38.8. The summed E-state index contributed by atoms with van der Waals surface area (Å²) in [7, 11) is 0. The number of aliphatic carboxylic acids is 5. The van der Waals surface area contributed by atoms with E-state index in [4.69, 9.17) is 29.2 Å². The molecule has 0 rings (SSSR count). The average Bonchev–Trinajstić information content (AvgIpc) is 3.41. The number of carbonyl (C=O) groups is 11. The molecule has 4 amide bonds. The van der Waals surface area contributed by atoms with Crippen molar-refractivity contribution in [2.75, 3.05) is 65.9 Å². The lowest BCUT2D eigenvalue weighted by atomic mass is 9.97. The molecule has 0 aromatic rings. The highest BCUT2D eigenvalue weighted by Gasteiger charge is 2.26.